The topological polar surface area (TPSA) is 150 Å². The summed E-state index contributed by atoms with van der Waals surface area (Å²) >= 11 is 0. The number of nitrogens with zero attached hydrogens (tertiary/aromatic N) is 2. The van der Waals surface area contributed by atoms with Crippen molar-refractivity contribution in [2.24, 2.45) is 5.92 Å². The van der Waals surface area contributed by atoms with Crippen LogP contribution in [0.2, 0.25) is 0 Å². The number of carboxylic acids is 1. The highest BCUT2D eigenvalue weighted by Crippen LogP contribution is 2.28. The third kappa shape index (κ3) is 7.31. The van der Waals surface area contributed by atoms with Gasteiger partial charge in [-0.3, -0.25) is 19.4 Å². The molecule has 4 amide bonds. The second kappa shape index (κ2) is 12.5. The molecule has 2 aromatic carbocycles. The molecule has 11 nitrogen and oxygen atoms in total. The fourth-order valence-electron chi connectivity index (χ4n) is 4.28. The Kier molecular flexibility index (Phi) is 8.72. The Hall–Kier alpha value is -4.93. The van der Waals surface area contributed by atoms with E-state index in [1.54, 1.807) is 49.7 Å². The molecule has 0 radical (unpaired) electrons. The van der Waals surface area contributed by atoms with Gasteiger partial charge in [0.2, 0.25) is 11.8 Å². The Morgan fingerprint density at radius 2 is 1.92 bits per heavy atom. The van der Waals surface area contributed by atoms with Crippen molar-refractivity contribution in [1.82, 2.24) is 15.6 Å². The number of nitrogens with one attached hydrogen (secondary N) is 3. The van der Waals surface area contributed by atoms with Crippen LogP contribution in [0, 0.1) is 5.92 Å². The molecule has 39 heavy (non-hydrogen) atoms. The lowest BCUT2D eigenvalue weighted by atomic mass is 10.0. The summed E-state index contributed by atoms with van der Waals surface area (Å²) in [5.41, 5.74) is 2.50. The van der Waals surface area contributed by atoms with Crippen LogP contribution >= 0.6 is 0 Å². The lowest BCUT2D eigenvalue weighted by Gasteiger charge is -2.20. The Morgan fingerprint density at radius 3 is 2.62 bits per heavy atom. The van der Waals surface area contributed by atoms with Gasteiger partial charge < -0.3 is 30.7 Å². The van der Waals surface area contributed by atoms with Crippen LogP contribution in [-0.4, -0.2) is 47.6 Å². The van der Waals surface area contributed by atoms with Crippen molar-refractivity contribution in [3.63, 3.8) is 0 Å². The van der Waals surface area contributed by atoms with Gasteiger partial charge in [0, 0.05) is 43.3 Å². The maximum absolute atomic E-state index is 13.0. The molecule has 202 valence electrons. The predicted octanol–water partition coefficient (Wildman–Crippen LogP) is 3.10. The number of aromatic nitrogens is 1. The fourth-order valence-corrected chi connectivity index (χ4v) is 4.28. The van der Waals surface area contributed by atoms with E-state index < -0.39 is 29.9 Å². The first kappa shape index (κ1) is 27.1. The van der Waals surface area contributed by atoms with Crippen LogP contribution in [0.25, 0.3) is 0 Å². The Labute approximate surface area is 225 Å². The number of ether oxygens (including phenoxy) is 1. The molecule has 2 heterocycles. The molecule has 2 unspecified atom stereocenters. The molecule has 0 spiro atoms. The standard InChI is InChI=1S/C28H29N5O6/c1-39-23-9-7-18(8-10-23)15-30-28(38)31-21-5-2-6-22(13-21)33-17-20(12-25(33)34)27(37)32-24(14-26(35)36)19-4-3-11-29-16-19/h2-11,13,16,20,24H,12,14-15,17H2,1H3,(H,32,37)(H,35,36)(H2,30,31,38). The number of methoxy groups -OCH3 is 1. The van der Waals surface area contributed by atoms with Crippen LogP contribution in [0.3, 0.4) is 0 Å². The molecule has 4 N–H and O–H groups in total. The van der Waals surface area contributed by atoms with Crippen LogP contribution in [0.1, 0.15) is 30.0 Å². The second-order valence-corrected chi connectivity index (χ2v) is 9.06. The minimum absolute atomic E-state index is 0.0152. The normalized spacial score (nSPS) is 15.4. The number of hydrogen-bond acceptors (Lipinski definition) is 6. The van der Waals surface area contributed by atoms with E-state index in [-0.39, 0.29) is 25.3 Å². The number of pyridine rings is 1. The number of hydrogen-bond donors (Lipinski definition) is 4. The number of rotatable bonds is 10. The van der Waals surface area contributed by atoms with Gasteiger partial charge in [-0.2, -0.15) is 0 Å². The van der Waals surface area contributed by atoms with Crippen molar-refractivity contribution in [2.45, 2.75) is 25.4 Å². The lowest BCUT2D eigenvalue weighted by molar-refractivity contribution is -0.138. The van der Waals surface area contributed by atoms with E-state index in [2.05, 4.69) is 20.9 Å². The molecule has 1 fully saturated rings. The summed E-state index contributed by atoms with van der Waals surface area (Å²) in [6, 6.07) is 16.3. The molecule has 0 aliphatic carbocycles. The summed E-state index contributed by atoms with van der Waals surface area (Å²) < 4.78 is 5.13. The average Bonchev–Trinajstić information content (AvgIpc) is 3.34. The van der Waals surface area contributed by atoms with E-state index in [0.717, 1.165) is 11.3 Å². The van der Waals surface area contributed by atoms with E-state index in [1.165, 1.54) is 11.1 Å². The first-order chi connectivity index (χ1) is 18.8. The maximum atomic E-state index is 13.0. The highest BCUT2D eigenvalue weighted by molar-refractivity contribution is 6.01. The molecule has 1 aromatic heterocycles. The number of anilines is 2. The molecular formula is C28H29N5O6. The monoisotopic (exact) mass is 531 g/mol. The van der Waals surface area contributed by atoms with Gasteiger partial charge in [-0.15, -0.1) is 0 Å². The average molecular weight is 532 g/mol. The zero-order chi connectivity index (χ0) is 27.8. The van der Waals surface area contributed by atoms with E-state index >= 15 is 0 Å². The highest BCUT2D eigenvalue weighted by Gasteiger charge is 2.36. The largest absolute Gasteiger partial charge is 0.497 e. The third-order valence-electron chi connectivity index (χ3n) is 6.31. The molecule has 1 saturated heterocycles. The smallest absolute Gasteiger partial charge is 0.319 e. The highest BCUT2D eigenvalue weighted by atomic mass is 16.5. The fraction of sp³-hybridized carbons (Fsp3) is 0.250. The lowest BCUT2D eigenvalue weighted by Crippen LogP contribution is -2.36. The summed E-state index contributed by atoms with van der Waals surface area (Å²) in [5, 5.41) is 17.6. The zero-order valence-electron chi connectivity index (χ0n) is 21.3. The summed E-state index contributed by atoms with van der Waals surface area (Å²) in [5.74, 6) is -1.65. The van der Waals surface area contributed by atoms with E-state index in [4.69, 9.17) is 4.74 Å². The van der Waals surface area contributed by atoms with Gasteiger partial charge in [0.05, 0.1) is 25.5 Å². The molecule has 1 aliphatic heterocycles. The number of carbonyl (C=O) groups is 4. The molecule has 0 saturated carbocycles. The molecule has 1 aliphatic rings. The minimum atomic E-state index is -1.06. The van der Waals surface area contributed by atoms with Crippen molar-refractivity contribution >= 4 is 35.2 Å². The summed E-state index contributed by atoms with van der Waals surface area (Å²) in [6.07, 6.45) is 2.74. The number of aliphatic carboxylic acids is 1. The third-order valence-corrected chi connectivity index (χ3v) is 6.31. The first-order valence-corrected chi connectivity index (χ1v) is 12.3. The number of urea groups is 1. The van der Waals surface area contributed by atoms with Crippen LogP contribution < -0.4 is 25.6 Å². The van der Waals surface area contributed by atoms with Crippen LogP contribution in [0.4, 0.5) is 16.2 Å². The van der Waals surface area contributed by atoms with Gasteiger partial charge in [0.1, 0.15) is 5.75 Å². The Balaban J connectivity index is 1.35. The van der Waals surface area contributed by atoms with E-state index in [1.807, 2.05) is 24.3 Å². The van der Waals surface area contributed by atoms with Crippen molar-refractivity contribution in [1.29, 1.82) is 0 Å². The predicted molar refractivity (Wildman–Crippen MR) is 143 cm³/mol. The minimum Gasteiger partial charge on any atom is -0.497 e. The first-order valence-electron chi connectivity index (χ1n) is 12.3. The molecule has 2 atom stereocenters. The van der Waals surface area contributed by atoms with Crippen molar-refractivity contribution in [3.8, 4) is 5.75 Å². The Morgan fingerprint density at radius 1 is 1.13 bits per heavy atom. The van der Waals surface area contributed by atoms with Gasteiger partial charge in [-0.1, -0.05) is 24.3 Å². The maximum Gasteiger partial charge on any atom is 0.319 e. The number of carbonyl (C=O) groups excluding carboxylic acids is 3. The molecule has 3 aromatic rings. The van der Waals surface area contributed by atoms with Gasteiger partial charge >= 0.3 is 12.0 Å². The van der Waals surface area contributed by atoms with Gasteiger partial charge in [0.25, 0.3) is 0 Å². The molecule has 4 rings (SSSR count). The van der Waals surface area contributed by atoms with Crippen molar-refractivity contribution in [3.05, 3.63) is 84.2 Å². The van der Waals surface area contributed by atoms with Gasteiger partial charge in [-0.25, -0.2) is 4.79 Å². The van der Waals surface area contributed by atoms with Crippen LogP contribution in [0.5, 0.6) is 5.75 Å². The quantitative estimate of drug-likeness (QED) is 0.314. The molecule has 11 heteroatoms. The summed E-state index contributed by atoms with van der Waals surface area (Å²) in [6.45, 7) is 0.448. The van der Waals surface area contributed by atoms with Crippen molar-refractivity contribution < 1.29 is 29.0 Å². The summed E-state index contributed by atoms with van der Waals surface area (Å²) in [4.78, 5) is 55.0. The van der Waals surface area contributed by atoms with Crippen molar-refractivity contribution in [2.75, 3.05) is 23.9 Å². The van der Waals surface area contributed by atoms with Crippen LogP contribution in [-0.2, 0) is 20.9 Å². The Bertz CT molecular complexity index is 1330. The van der Waals surface area contributed by atoms with Gasteiger partial charge in [-0.05, 0) is 47.5 Å². The van der Waals surface area contributed by atoms with E-state index in [0.29, 0.717) is 23.5 Å². The number of carboxylic acid groups (broad SMARTS) is 1. The van der Waals surface area contributed by atoms with E-state index in [9.17, 15) is 24.3 Å². The molecular weight excluding hydrogens is 502 g/mol. The SMILES string of the molecule is COc1ccc(CNC(=O)Nc2cccc(N3CC(C(=O)NC(CC(=O)O)c4cccnc4)CC3=O)c2)cc1. The second-order valence-electron chi connectivity index (χ2n) is 9.06. The van der Waals surface area contributed by atoms with Gasteiger partial charge in [0.15, 0.2) is 0 Å². The van der Waals surface area contributed by atoms with Crippen LogP contribution in [0.15, 0.2) is 73.1 Å². The zero-order valence-corrected chi connectivity index (χ0v) is 21.3. The summed E-state index contributed by atoms with van der Waals surface area (Å²) in [7, 11) is 1.58. The number of benzene rings is 2. The number of amides is 4. The molecule has 0 bridgehead atoms.